The van der Waals surface area contributed by atoms with Crippen molar-refractivity contribution in [2.75, 3.05) is 72.6 Å². The molecule has 0 aromatic rings. The number of carbonyl (C=O) groups is 12. The molecule has 0 aromatic carbocycles. The van der Waals surface area contributed by atoms with Crippen molar-refractivity contribution in [2.45, 2.75) is 218 Å². The van der Waals surface area contributed by atoms with Gasteiger partial charge in [0, 0.05) is 6.42 Å². The van der Waals surface area contributed by atoms with Crippen molar-refractivity contribution in [1.29, 1.82) is 0 Å². The van der Waals surface area contributed by atoms with Crippen LogP contribution >= 0.6 is 0 Å². The number of hydrogen-bond donors (Lipinski definition) is 6. The molecule has 0 aliphatic carbocycles. The fourth-order valence-electron chi connectivity index (χ4n) is 3.67. The third kappa shape index (κ3) is 85.4. The van der Waals surface area contributed by atoms with Gasteiger partial charge >= 0.3 is 78.4 Å². The first kappa shape index (κ1) is 143. The van der Waals surface area contributed by atoms with Gasteiger partial charge in [-0.25, -0.2) is 34.0 Å². The van der Waals surface area contributed by atoms with Crippen LogP contribution in [0.2, 0.25) is 6.82 Å². The predicted molar refractivity (Wildman–Crippen MR) is 342 cm³/mol. The molecule has 1 saturated heterocycles. The molecule has 0 spiro atoms. The average Bonchev–Trinajstić information content (AvgIpc) is 4.12. The number of carbonyl (C=O) groups excluding carboxylic acids is 9. The zero-order valence-corrected chi connectivity index (χ0v) is 37.9. The maximum atomic E-state index is 11.7. The zero-order valence-electron chi connectivity index (χ0n) is 37.9. The van der Waals surface area contributed by atoms with Gasteiger partial charge in [-0.3, -0.25) is 33.6 Å². The van der Waals surface area contributed by atoms with Gasteiger partial charge in [0.25, 0.3) is 11.8 Å². The SMILES string of the molecule is C.C.C.C.C.C.C.C.C.C.C.C.C.C.C.C.C.C.C1COC(C2=NCCO2)=N1.CB=O.CC(OC(=O)CCC(=O)O)C(=O)OCC(=O)OCCOCC(=O)OC(C)C(=O)C(=O)CCC(=O)O.CC(OC(=O)CO)C(=O)O.O=C1CCC(=O)O1.OCCO. The van der Waals surface area contributed by atoms with Gasteiger partial charge < -0.3 is 73.3 Å². The molecule has 30 nitrogen and oxygen atoms in total. The van der Waals surface area contributed by atoms with Crippen LogP contribution in [0.3, 0.4) is 0 Å². The summed E-state index contributed by atoms with van der Waals surface area (Å²) in [5, 5.41) is 48.5. The molecule has 0 aromatic heterocycles. The molecule has 3 heterocycles. The molecule has 3 atom stereocenters. The third-order valence-corrected chi connectivity index (χ3v) is 6.74. The number of carboxylic acids is 3. The number of aliphatic carboxylic acids is 3. The Morgan fingerprint density at radius 1 is 0.506 bits per heavy atom. The van der Waals surface area contributed by atoms with Crippen molar-refractivity contribution in [3.63, 3.8) is 0 Å². The van der Waals surface area contributed by atoms with Gasteiger partial charge in [-0.2, -0.15) is 0 Å². The topological polar surface area (TPSA) is 451 Å². The van der Waals surface area contributed by atoms with E-state index in [1.807, 2.05) is 0 Å². The zero-order chi connectivity index (χ0) is 53.3. The number of esters is 7. The molecule has 3 aliphatic rings. The van der Waals surface area contributed by atoms with E-state index in [0.29, 0.717) is 25.0 Å². The van der Waals surface area contributed by atoms with E-state index in [1.165, 1.54) is 20.7 Å². The summed E-state index contributed by atoms with van der Waals surface area (Å²) in [6, 6.07) is 0. The normalized spacial score (nSPS) is 10.9. The maximum absolute atomic E-state index is 11.7. The summed E-state index contributed by atoms with van der Waals surface area (Å²) in [7, 11) is 0.750. The summed E-state index contributed by atoms with van der Waals surface area (Å²) >= 11 is 0. The second kappa shape index (κ2) is 90.1. The van der Waals surface area contributed by atoms with Gasteiger partial charge in [0.15, 0.2) is 24.9 Å². The standard InChI is InChI=1S/C20H26O15.C6H8N2O2.C5H8O5.C4H4O3.C2H6O2.CH3BO.18CH4/c1-11(19(29)13(21)3-4-14(22)23)34-18(28)9-31-7-8-32-17(27)10-33-20(30)12(2)35-16(26)6-5-15(24)25;1-3-9-5(7-1)6-8-2-4-10-6;1-3(5(8)9)10-4(7)2-6;5-3-1-2-4(6)7-3;3-1-2-4;1-2-3;;;;;;;;;;;;;;;;;;/h11-12H,3-10H2,1-2H3,(H,22,23)(H,24,25);1-4H2;3,6H,2H2,1H3,(H,8,9);1-2H2;3-4H,1-2H2;1H3;18*1H4. The second-order valence-electron chi connectivity index (χ2n) is 12.4. The fraction of sp³-hybridized carbons (Fsp3) is 0.750. The van der Waals surface area contributed by atoms with Crippen molar-refractivity contribution in [1.82, 2.24) is 0 Å². The molecule has 6 N–H and O–H groups in total. The average molecular weight is 1290 g/mol. The number of carboxylic acid groups (broad SMARTS) is 3. The van der Waals surface area contributed by atoms with Crippen molar-refractivity contribution >= 4 is 90.2 Å². The van der Waals surface area contributed by atoms with Crippen LogP contribution in [-0.4, -0.2) is 212 Å². The summed E-state index contributed by atoms with van der Waals surface area (Å²) in [5.74, 6) is -10.3. The molecule has 0 saturated carbocycles. The number of aliphatic hydroxyl groups excluding tert-OH is 3. The Hall–Kier alpha value is -7.12. The minimum atomic E-state index is -1.43. The number of cyclic esters (lactones) is 2. The Balaban J connectivity index is -0.0000000369. The van der Waals surface area contributed by atoms with Crippen LogP contribution in [0.5, 0.6) is 0 Å². The second-order valence-corrected chi connectivity index (χ2v) is 12.4. The molecule has 0 radical (unpaired) electrons. The van der Waals surface area contributed by atoms with Gasteiger partial charge in [0.2, 0.25) is 11.6 Å². The van der Waals surface area contributed by atoms with Gasteiger partial charge in [-0.05, 0) is 20.8 Å². The first-order valence-electron chi connectivity index (χ1n) is 20.0. The molecule has 1 fully saturated rings. The molecule has 3 aliphatic heterocycles. The number of aliphatic imine (C=N–C) groups is 2. The molecule has 0 amide bonds. The van der Waals surface area contributed by atoms with E-state index >= 15 is 0 Å². The fourth-order valence-corrected chi connectivity index (χ4v) is 3.67. The van der Waals surface area contributed by atoms with Gasteiger partial charge in [-0.1, -0.05) is 134 Å². The molecule has 31 heteroatoms. The van der Waals surface area contributed by atoms with Crippen LogP contribution < -0.4 is 0 Å². The van der Waals surface area contributed by atoms with Crippen molar-refractivity contribution < 1.29 is 136 Å². The summed E-state index contributed by atoms with van der Waals surface area (Å²) in [6.45, 7) is 4.64. The minimum Gasteiger partial charge on any atom is -0.481 e. The van der Waals surface area contributed by atoms with Crippen LogP contribution in [0.1, 0.15) is 193 Å². The Morgan fingerprint density at radius 2 is 0.885 bits per heavy atom. The summed E-state index contributed by atoms with van der Waals surface area (Å²) in [5.41, 5.74) is 0. The predicted octanol–water partition coefficient (Wildman–Crippen LogP) is 8.01. The first-order chi connectivity index (χ1) is 32.5. The van der Waals surface area contributed by atoms with Gasteiger partial charge in [0.1, 0.15) is 33.0 Å². The molecule has 3 unspecified atom stereocenters. The van der Waals surface area contributed by atoms with Gasteiger partial charge in [0.05, 0.1) is 65.0 Å². The monoisotopic (exact) mass is 1290 g/mol. The van der Waals surface area contributed by atoms with E-state index in [2.05, 4.69) is 33.7 Å². The van der Waals surface area contributed by atoms with E-state index in [1.54, 1.807) is 0 Å². The number of ketones is 2. The quantitative estimate of drug-likeness (QED) is 0.0141. The largest absolute Gasteiger partial charge is 0.481 e. The van der Waals surface area contributed by atoms with Crippen molar-refractivity contribution in [3.05, 3.63) is 0 Å². The molecular formula is C56H127BN2O28. The Kier molecular flexibility index (Phi) is 148. The van der Waals surface area contributed by atoms with E-state index in [0.717, 1.165) is 27.2 Å². The van der Waals surface area contributed by atoms with Crippen molar-refractivity contribution in [3.8, 4) is 0 Å². The molecule has 3 rings (SSSR count). The number of ether oxygens (including phenoxy) is 9. The van der Waals surface area contributed by atoms with E-state index in [-0.39, 0.29) is 173 Å². The number of rotatable bonds is 23. The summed E-state index contributed by atoms with van der Waals surface area (Å²) in [4.78, 5) is 138. The number of nitrogens with zero attached hydrogens (tertiary/aromatic N) is 2. The minimum absolute atomic E-state index is 0. The third-order valence-electron chi connectivity index (χ3n) is 6.74. The van der Waals surface area contributed by atoms with Crippen LogP contribution in [0, 0.1) is 0 Å². The molecule has 0 bridgehead atoms. The first-order valence-corrected chi connectivity index (χ1v) is 20.0. The van der Waals surface area contributed by atoms with E-state index in [9.17, 15) is 57.5 Å². The summed E-state index contributed by atoms with van der Waals surface area (Å²) < 4.78 is 50.8. The Bertz CT molecular complexity index is 1760. The van der Waals surface area contributed by atoms with E-state index in [4.69, 9.17) is 54.3 Å². The van der Waals surface area contributed by atoms with E-state index < -0.39 is 135 Å². The van der Waals surface area contributed by atoms with Crippen LogP contribution in [0.15, 0.2) is 9.98 Å². The van der Waals surface area contributed by atoms with Crippen molar-refractivity contribution in [2.24, 2.45) is 9.98 Å². The Labute approximate surface area is 525 Å². The number of Topliss-reactive ketones (excluding diaryl/α,β-unsaturated/α-hetero) is 2. The summed E-state index contributed by atoms with van der Waals surface area (Å²) in [6.07, 6.45) is -5.45. The van der Waals surface area contributed by atoms with Crippen LogP contribution in [0.4, 0.5) is 0 Å². The van der Waals surface area contributed by atoms with Crippen LogP contribution in [-0.2, 0) is 105 Å². The van der Waals surface area contributed by atoms with Crippen LogP contribution in [0.25, 0.3) is 0 Å². The van der Waals surface area contributed by atoms with Gasteiger partial charge in [-0.15, -0.1) is 0 Å². The number of hydrogen-bond acceptors (Lipinski definition) is 27. The molecule has 532 valence electrons. The number of aliphatic hydroxyl groups is 3. The Morgan fingerprint density at radius 3 is 1.21 bits per heavy atom. The maximum Gasteiger partial charge on any atom is 0.347 e. The molecular weight excluding hydrogens is 1160 g/mol. The smallest absolute Gasteiger partial charge is 0.347 e. The molecule has 87 heavy (non-hydrogen) atoms.